The lowest BCUT2D eigenvalue weighted by Gasteiger charge is -2.32. The van der Waals surface area contributed by atoms with Crippen LogP contribution in [-0.2, 0) is 14.8 Å². The minimum Gasteiger partial charge on any atom is -0.349 e. The third-order valence-electron chi connectivity index (χ3n) is 6.82. The van der Waals surface area contributed by atoms with E-state index in [1.807, 2.05) is 29.8 Å². The summed E-state index contributed by atoms with van der Waals surface area (Å²) in [4.78, 5) is 40.9. The second kappa shape index (κ2) is 9.99. The van der Waals surface area contributed by atoms with E-state index in [4.69, 9.17) is 28.5 Å². The molecule has 210 valence electrons. The van der Waals surface area contributed by atoms with Crippen LogP contribution < -0.4 is 16.1 Å². The van der Waals surface area contributed by atoms with Crippen LogP contribution in [0.5, 0.6) is 0 Å². The van der Waals surface area contributed by atoms with Gasteiger partial charge in [0.15, 0.2) is 16.3 Å². The maximum Gasteiger partial charge on any atom is 0.349 e. The number of hydrogen-bond acceptors (Lipinski definition) is 9. The fourth-order valence-electron chi connectivity index (χ4n) is 4.58. The average Bonchev–Trinajstić information content (AvgIpc) is 3.30. The number of halogens is 2. The van der Waals surface area contributed by atoms with Gasteiger partial charge < -0.3 is 4.90 Å². The molecule has 0 spiro atoms. The molecule has 0 amide bonds. The van der Waals surface area contributed by atoms with Gasteiger partial charge in [-0.25, -0.2) is 13.2 Å². The molecule has 3 heterocycles. The first-order chi connectivity index (χ1) is 19.3. The second-order valence-electron chi connectivity index (χ2n) is 9.69. The Labute approximate surface area is 243 Å². The molecule has 0 saturated carbocycles. The topological polar surface area (TPSA) is 164 Å². The number of carbonyl (C=O) groups excluding carboxylic acids is 1. The third kappa shape index (κ3) is 4.35. The van der Waals surface area contributed by atoms with Crippen molar-refractivity contribution in [3.05, 3.63) is 84.7 Å². The summed E-state index contributed by atoms with van der Waals surface area (Å²) >= 11 is 13.3. The molecule has 0 fully saturated rings. The normalized spacial score (nSPS) is 18.2. The largest absolute Gasteiger partial charge is 0.349 e. The Morgan fingerprint density at radius 1 is 1.10 bits per heavy atom. The highest BCUT2D eigenvalue weighted by molar-refractivity contribution is 7.92. The number of allylic oxidation sites excluding steroid dienone is 3. The maximum absolute atomic E-state index is 14.1. The van der Waals surface area contributed by atoms with Gasteiger partial charge in [-0.2, -0.15) is 15.0 Å². The van der Waals surface area contributed by atoms with Crippen molar-refractivity contribution in [2.24, 2.45) is 0 Å². The SMILES string of the molecule is CC(C)N1CC=Cc2c(-c3c(Cl)cc(-n4nc(C#N)c(=O)[nH]c4=O)cc3Cl)nn(S(=O)(=O)C3(C)C=CC=CC3=O)c21. The predicted octanol–water partition coefficient (Wildman–Crippen LogP) is 2.84. The first-order valence-corrected chi connectivity index (χ1v) is 14.4. The molecule has 3 aromatic rings. The minimum atomic E-state index is -4.46. The van der Waals surface area contributed by atoms with Gasteiger partial charge >= 0.3 is 5.69 Å². The number of aromatic nitrogens is 5. The number of carbonyl (C=O) groups is 1. The fourth-order valence-corrected chi connectivity index (χ4v) is 6.78. The molecule has 15 heteroatoms. The smallest absolute Gasteiger partial charge is 0.349 e. The van der Waals surface area contributed by atoms with Crippen LogP contribution in [0.4, 0.5) is 5.82 Å². The van der Waals surface area contributed by atoms with Gasteiger partial charge in [-0.15, -0.1) is 9.19 Å². The zero-order valence-corrected chi connectivity index (χ0v) is 24.1. The molecular weight excluding hydrogens is 593 g/mol. The number of H-pyrrole nitrogens is 1. The van der Waals surface area contributed by atoms with Crippen molar-refractivity contribution in [3.63, 3.8) is 0 Å². The molecule has 12 nitrogen and oxygen atoms in total. The summed E-state index contributed by atoms with van der Waals surface area (Å²) in [6.07, 6.45) is 9.02. The molecule has 41 heavy (non-hydrogen) atoms. The summed E-state index contributed by atoms with van der Waals surface area (Å²) in [6, 6.07) is 4.10. The number of nitrogens with one attached hydrogen (secondary N) is 1. The molecule has 1 aliphatic heterocycles. The lowest BCUT2D eigenvalue weighted by atomic mass is 10.0. The molecule has 0 radical (unpaired) electrons. The highest BCUT2D eigenvalue weighted by Gasteiger charge is 2.48. The molecule has 1 aromatic carbocycles. The Kier molecular flexibility index (Phi) is 6.89. The number of nitrogens with zero attached hydrogens (tertiary/aromatic N) is 6. The van der Waals surface area contributed by atoms with E-state index in [-0.39, 0.29) is 38.8 Å². The molecule has 2 aliphatic rings. The van der Waals surface area contributed by atoms with Crippen LogP contribution in [0.3, 0.4) is 0 Å². The van der Waals surface area contributed by atoms with Gasteiger partial charge in [0.25, 0.3) is 15.6 Å². The van der Waals surface area contributed by atoms with E-state index < -0.39 is 37.5 Å². The number of anilines is 1. The van der Waals surface area contributed by atoms with Crippen LogP contribution in [0.2, 0.25) is 10.0 Å². The Bertz CT molecular complexity index is 1970. The molecular formula is C26H21Cl2N7O5S. The van der Waals surface area contributed by atoms with Gasteiger partial charge in [-0.3, -0.25) is 14.6 Å². The van der Waals surface area contributed by atoms with Gasteiger partial charge in [0.1, 0.15) is 11.8 Å². The molecule has 1 atom stereocenters. The quantitative estimate of drug-likeness (QED) is 0.455. The van der Waals surface area contributed by atoms with Crippen LogP contribution in [0.25, 0.3) is 23.0 Å². The van der Waals surface area contributed by atoms with Crippen LogP contribution >= 0.6 is 23.2 Å². The van der Waals surface area contributed by atoms with Gasteiger partial charge in [0.2, 0.25) is 5.69 Å². The lowest BCUT2D eigenvalue weighted by molar-refractivity contribution is -0.115. The number of benzene rings is 1. The monoisotopic (exact) mass is 613 g/mol. The lowest BCUT2D eigenvalue weighted by Crippen LogP contribution is -2.47. The summed E-state index contributed by atoms with van der Waals surface area (Å²) in [6.45, 7) is 5.48. The fraction of sp³-hybridized carbons (Fsp3) is 0.231. The van der Waals surface area contributed by atoms with Crippen molar-refractivity contribution in [2.45, 2.75) is 31.6 Å². The summed E-state index contributed by atoms with van der Waals surface area (Å²) in [5.74, 6) is -0.382. The summed E-state index contributed by atoms with van der Waals surface area (Å²) in [7, 11) is -4.46. The molecule has 2 aromatic heterocycles. The molecule has 0 bridgehead atoms. The number of ketones is 1. The van der Waals surface area contributed by atoms with E-state index in [0.29, 0.717) is 12.1 Å². The predicted molar refractivity (Wildman–Crippen MR) is 154 cm³/mol. The molecule has 0 saturated heterocycles. The van der Waals surface area contributed by atoms with Crippen molar-refractivity contribution < 1.29 is 13.2 Å². The highest BCUT2D eigenvalue weighted by Crippen LogP contribution is 2.44. The molecule has 5 rings (SSSR count). The van der Waals surface area contributed by atoms with Crippen LogP contribution in [0.1, 0.15) is 32.0 Å². The Morgan fingerprint density at radius 3 is 2.39 bits per heavy atom. The number of aromatic amines is 1. The zero-order chi connectivity index (χ0) is 29.9. The third-order valence-corrected chi connectivity index (χ3v) is 9.53. The molecule has 1 unspecified atom stereocenters. The van der Waals surface area contributed by atoms with Crippen LogP contribution in [-0.4, -0.2) is 55.5 Å². The average molecular weight is 614 g/mol. The van der Waals surface area contributed by atoms with E-state index in [1.165, 1.54) is 43.4 Å². The van der Waals surface area contributed by atoms with Crippen LogP contribution in [0.15, 0.2) is 52.1 Å². The van der Waals surface area contributed by atoms with Gasteiger partial charge in [0.05, 0.1) is 15.7 Å². The minimum absolute atomic E-state index is 0.0198. The van der Waals surface area contributed by atoms with Crippen molar-refractivity contribution in [2.75, 3.05) is 11.4 Å². The van der Waals surface area contributed by atoms with Gasteiger partial charge in [0, 0.05) is 23.7 Å². The molecule has 1 N–H and O–H groups in total. The zero-order valence-electron chi connectivity index (χ0n) is 21.8. The number of hydrogen-bond donors (Lipinski definition) is 1. The Hall–Kier alpha value is -4.25. The van der Waals surface area contributed by atoms with Gasteiger partial charge in [-0.05, 0) is 39.0 Å². The number of fused-ring (bicyclic) bond motifs is 1. The summed E-state index contributed by atoms with van der Waals surface area (Å²) in [5.41, 5.74) is -1.69. The highest BCUT2D eigenvalue weighted by atomic mass is 35.5. The van der Waals surface area contributed by atoms with E-state index >= 15 is 0 Å². The second-order valence-corrected chi connectivity index (χ2v) is 12.6. The van der Waals surface area contributed by atoms with E-state index in [0.717, 1.165) is 8.77 Å². The van der Waals surface area contributed by atoms with Crippen molar-refractivity contribution in [1.82, 2.24) is 24.0 Å². The Morgan fingerprint density at radius 2 is 1.78 bits per heavy atom. The first-order valence-electron chi connectivity index (χ1n) is 12.2. The Balaban J connectivity index is 1.76. The number of rotatable bonds is 5. The summed E-state index contributed by atoms with van der Waals surface area (Å²) < 4.78 is 27.9. The van der Waals surface area contributed by atoms with Gasteiger partial charge in [-0.1, -0.05) is 53.6 Å². The first kappa shape index (κ1) is 28.3. The summed E-state index contributed by atoms with van der Waals surface area (Å²) in [5, 5.41) is 17.4. The standard InChI is InChI=1S/C26H21Cl2N7O5S/c1-14(2)33-10-6-7-16-22(32-35(24(16)33)41(39,40)26(3)9-5-4-8-20(26)36)21-17(27)11-15(12-18(21)28)34-25(38)30-23(37)19(13-29)31-34/h4-9,11-12,14H,10H2,1-3H3,(H,30,37,38). The van der Waals surface area contributed by atoms with E-state index in [9.17, 15) is 22.8 Å². The van der Waals surface area contributed by atoms with Crippen molar-refractivity contribution >= 4 is 50.9 Å². The van der Waals surface area contributed by atoms with E-state index in [1.54, 1.807) is 12.1 Å². The van der Waals surface area contributed by atoms with Crippen molar-refractivity contribution in [1.29, 1.82) is 5.26 Å². The van der Waals surface area contributed by atoms with Crippen LogP contribution in [0, 0.1) is 11.3 Å². The van der Waals surface area contributed by atoms with E-state index in [2.05, 4.69) is 10.2 Å². The number of nitriles is 1. The maximum atomic E-state index is 14.1. The molecule has 1 aliphatic carbocycles. The van der Waals surface area contributed by atoms with Crippen molar-refractivity contribution in [3.8, 4) is 23.0 Å².